The monoisotopic (exact) mass is 372 g/mol. The van der Waals surface area contributed by atoms with E-state index in [4.69, 9.17) is 4.74 Å². The number of rotatable bonds is 3. The number of carbonyl (C=O) groups is 1. The molecule has 2 aliphatic heterocycles. The number of amides is 1. The molecule has 0 radical (unpaired) electrons. The first-order valence-electron chi connectivity index (χ1n) is 9.28. The van der Waals surface area contributed by atoms with Crippen LogP contribution in [0.1, 0.15) is 29.6 Å². The van der Waals surface area contributed by atoms with Gasteiger partial charge < -0.3 is 15.0 Å². The van der Waals surface area contributed by atoms with Crippen LogP contribution in [0.2, 0.25) is 0 Å². The highest BCUT2D eigenvalue weighted by atomic mass is 19.2. The maximum atomic E-state index is 13.3. The number of benzene rings is 2. The molecular weight excluding hydrogens is 350 g/mol. The lowest BCUT2D eigenvalue weighted by Gasteiger charge is -2.38. The number of ether oxygens (including phenoxy) is 1. The lowest BCUT2D eigenvalue weighted by molar-refractivity contribution is 0.0607. The van der Waals surface area contributed by atoms with Gasteiger partial charge in [0.1, 0.15) is 11.5 Å². The summed E-state index contributed by atoms with van der Waals surface area (Å²) in [5.74, 6) is -1.18. The van der Waals surface area contributed by atoms with E-state index in [9.17, 15) is 13.6 Å². The minimum Gasteiger partial charge on any atom is -0.457 e. The Hall–Kier alpha value is -2.47. The van der Waals surface area contributed by atoms with Gasteiger partial charge in [0.2, 0.25) is 0 Å². The number of hydrogen-bond acceptors (Lipinski definition) is 3. The average molecular weight is 372 g/mol. The quantitative estimate of drug-likeness (QED) is 0.886. The molecule has 2 aromatic rings. The van der Waals surface area contributed by atoms with Crippen molar-refractivity contribution >= 4 is 5.91 Å². The molecule has 142 valence electrons. The van der Waals surface area contributed by atoms with Gasteiger partial charge in [-0.3, -0.25) is 4.79 Å². The van der Waals surface area contributed by atoms with Gasteiger partial charge in [-0.25, -0.2) is 8.78 Å². The lowest BCUT2D eigenvalue weighted by Crippen LogP contribution is -2.44. The van der Waals surface area contributed by atoms with Crippen LogP contribution in [0.25, 0.3) is 0 Å². The lowest BCUT2D eigenvalue weighted by atomic mass is 9.78. The molecule has 0 aliphatic carbocycles. The van der Waals surface area contributed by atoms with Gasteiger partial charge in [-0.2, -0.15) is 0 Å². The first-order valence-corrected chi connectivity index (χ1v) is 9.28. The van der Waals surface area contributed by atoms with Crippen molar-refractivity contribution in [1.82, 2.24) is 10.2 Å². The third kappa shape index (κ3) is 3.81. The maximum Gasteiger partial charge on any atom is 0.253 e. The van der Waals surface area contributed by atoms with Crippen LogP contribution in [0.5, 0.6) is 11.5 Å². The third-order valence-corrected chi connectivity index (χ3v) is 5.67. The van der Waals surface area contributed by atoms with Crippen molar-refractivity contribution in [3.8, 4) is 11.5 Å². The Labute approximate surface area is 157 Å². The highest BCUT2D eigenvalue weighted by molar-refractivity contribution is 5.94. The van der Waals surface area contributed by atoms with E-state index < -0.39 is 11.6 Å². The van der Waals surface area contributed by atoms with Crippen LogP contribution in [-0.2, 0) is 0 Å². The number of hydrogen-bond donors (Lipinski definition) is 1. The van der Waals surface area contributed by atoms with Crippen LogP contribution in [0, 0.1) is 17.0 Å². The molecule has 2 fully saturated rings. The first-order chi connectivity index (χ1) is 13.0. The van der Waals surface area contributed by atoms with Crippen LogP contribution in [0.4, 0.5) is 8.78 Å². The van der Waals surface area contributed by atoms with Crippen molar-refractivity contribution < 1.29 is 18.3 Å². The Morgan fingerprint density at radius 2 is 1.67 bits per heavy atom. The standard InChI is InChI=1S/C21H22F2N2O2/c22-18-6-5-17(13-19(18)23)27-16-3-1-15(2-4-16)20(26)25-11-8-21(9-12-25)7-10-24-14-21/h1-6,13,24H,7-12,14H2. The highest BCUT2D eigenvalue weighted by Crippen LogP contribution is 2.37. The largest absolute Gasteiger partial charge is 0.457 e. The van der Waals surface area contributed by atoms with Crippen LogP contribution in [0.3, 0.4) is 0 Å². The number of carbonyl (C=O) groups excluding carboxylic acids is 1. The molecule has 0 bridgehead atoms. The molecule has 1 amide bonds. The number of nitrogens with zero attached hydrogens (tertiary/aromatic N) is 1. The summed E-state index contributed by atoms with van der Waals surface area (Å²) in [5, 5.41) is 3.43. The van der Waals surface area contributed by atoms with Gasteiger partial charge in [0.25, 0.3) is 5.91 Å². The highest BCUT2D eigenvalue weighted by Gasteiger charge is 2.38. The number of likely N-dealkylation sites (tertiary alicyclic amines) is 1. The SMILES string of the molecule is O=C(c1ccc(Oc2ccc(F)c(F)c2)cc1)N1CCC2(CCNC2)CC1. The van der Waals surface area contributed by atoms with Gasteiger partial charge in [-0.15, -0.1) is 0 Å². The minimum absolute atomic E-state index is 0.0233. The van der Waals surface area contributed by atoms with E-state index in [1.54, 1.807) is 24.3 Å². The Morgan fingerprint density at radius 3 is 2.30 bits per heavy atom. The smallest absolute Gasteiger partial charge is 0.253 e. The molecule has 2 aliphatic rings. The first kappa shape index (κ1) is 17.9. The fourth-order valence-electron chi connectivity index (χ4n) is 3.93. The molecule has 27 heavy (non-hydrogen) atoms. The molecule has 4 nitrogen and oxygen atoms in total. The molecule has 1 spiro atoms. The molecule has 1 N–H and O–H groups in total. The number of halogens is 2. The van der Waals surface area contributed by atoms with E-state index in [1.807, 2.05) is 4.90 Å². The predicted molar refractivity (Wildman–Crippen MR) is 97.9 cm³/mol. The van der Waals surface area contributed by atoms with E-state index >= 15 is 0 Å². The topological polar surface area (TPSA) is 41.6 Å². The Kier molecular flexibility index (Phi) is 4.83. The molecule has 4 rings (SSSR count). The third-order valence-electron chi connectivity index (χ3n) is 5.67. The second-order valence-corrected chi connectivity index (χ2v) is 7.42. The van der Waals surface area contributed by atoms with Gasteiger partial charge in [-0.1, -0.05) is 0 Å². The number of nitrogens with one attached hydrogen (secondary N) is 1. The summed E-state index contributed by atoms with van der Waals surface area (Å²) in [6.07, 6.45) is 3.29. The second kappa shape index (κ2) is 7.27. The molecular formula is C21H22F2N2O2. The predicted octanol–water partition coefficient (Wildman–Crippen LogP) is 3.97. The van der Waals surface area contributed by atoms with E-state index in [-0.39, 0.29) is 11.7 Å². The zero-order chi connectivity index (χ0) is 18.9. The Morgan fingerprint density at radius 1 is 0.963 bits per heavy atom. The Balaban J connectivity index is 1.38. The molecule has 0 atom stereocenters. The van der Waals surface area contributed by atoms with Crippen molar-refractivity contribution in [3.63, 3.8) is 0 Å². The van der Waals surface area contributed by atoms with Crippen LogP contribution >= 0.6 is 0 Å². The fraction of sp³-hybridized carbons (Fsp3) is 0.381. The normalized spacial score (nSPS) is 18.7. The molecule has 2 aromatic carbocycles. The van der Waals surface area contributed by atoms with Gasteiger partial charge >= 0.3 is 0 Å². The fourth-order valence-corrected chi connectivity index (χ4v) is 3.93. The second-order valence-electron chi connectivity index (χ2n) is 7.42. The summed E-state index contributed by atoms with van der Waals surface area (Å²) in [5.41, 5.74) is 0.979. The summed E-state index contributed by atoms with van der Waals surface area (Å²) < 4.78 is 31.8. The van der Waals surface area contributed by atoms with Gasteiger partial charge in [-0.05, 0) is 67.6 Å². The van der Waals surface area contributed by atoms with Crippen LogP contribution < -0.4 is 10.1 Å². The van der Waals surface area contributed by atoms with Crippen molar-refractivity contribution in [3.05, 3.63) is 59.7 Å². The Bertz CT molecular complexity index is 823. The maximum absolute atomic E-state index is 13.3. The zero-order valence-electron chi connectivity index (χ0n) is 15.0. The van der Waals surface area contributed by atoms with Crippen molar-refractivity contribution in [2.45, 2.75) is 19.3 Å². The molecule has 0 saturated carbocycles. The summed E-state index contributed by atoms with van der Waals surface area (Å²) in [7, 11) is 0. The van der Waals surface area contributed by atoms with Crippen molar-refractivity contribution in [2.24, 2.45) is 5.41 Å². The summed E-state index contributed by atoms with van der Waals surface area (Å²) >= 11 is 0. The molecule has 2 saturated heterocycles. The molecule has 2 heterocycles. The minimum atomic E-state index is -0.959. The van der Waals surface area contributed by atoms with Crippen molar-refractivity contribution in [2.75, 3.05) is 26.2 Å². The molecule has 0 unspecified atom stereocenters. The van der Waals surface area contributed by atoms with E-state index in [2.05, 4.69) is 5.32 Å². The summed E-state index contributed by atoms with van der Waals surface area (Å²) in [6.45, 7) is 3.71. The number of piperidine rings is 1. The molecule has 6 heteroatoms. The van der Waals surface area contributed by atoms with Gasteiger partial charge in [0, 0.05) is 31.3 Å². The van der Waals surface area contributed by atoms with E-state index in [0.717, 1.165) is 51.2 Å². The van der Waals surface area contributed by atoms with Gasteiger partial charge in [0.15, 0.2) is 11.6 Å². The molecule has 0 aromatic heterocycles. The van der Waals surface area contributed by atoms with E-state index in [1.165, 1.54) is 12.5 Å². The summed E-state index contributed by atoms with van der Waals surface area (Å²) in [4.78, 5) is 14.6. The zero-order valence-corrected chi connectivity index (χ0v) is 15.0. The van der Waals surface area contributed by atoms with Crippen molar-refractivity contribution in [1.29, 1.82) is 0 Å². The van der Waals surface area contributed by atoms with Gasteiger partial charge in [0.05, 0.1) is 0 Å². The average Bonchev–Trinajstić information content (AvgIpc) is 3.13. The van der Waals surface area contributed by atoms with Crippen LogP contribution in [0.15, 0.2) is 42.5 Å². The van der Waals surface area contributed by atoms with E-state index in [0.29, 0.717) is 16.7 Å². The summed E-state index contributed by atoms with van der Waals surface area (Å²) in [6, 6.07) is 10.1. The van der Waals surface area contributed by atoms with Crippen LogP contribution in [-0.4, -0.2) is 37.0 Å².